The largest absolute Gasteiger partial charge is 0.508 e. The number of piperazine rings is 4. The van der Waals surface area contributed by atoms with Crippen LogP contribution in [-0.2, 0) is 77.5 Å². The number of aromatic nitrogens is 8. The van der Waals surface area contributed by atoms with Gasteiger partial charge < -0.3 is 41.7 Å². The molecule has 23 heteroatoms. The van der Waals surface area contributed by atoms with E-state index in [4.69, 9.17) is 21.6 Å². The highest BCUT2D eigenvalue weighted by molar-refractivity contribution is 6.32. The number of hydrogen-bond acceptors (Lipinski definition) is 20. The van der Waals surface area contributed by atoms with Gasteiger partial charge in [0, 0.05) is 201 Å². The van der Waals surface area contributed by atoms with Gasteiger partial charge in [-0.25, -0.2) is 48.7 Å². The van der Waals surface area contributed by atoms with Gasteiger partial charge in [-0.3, -0.25) is 19.6 Å². The molecule has 0 unspecified atom stereocenters. The van der Waals surface area contributed by atoms with E-state index in [0.29, 0.717) is 82.2 Å². The molecule has 8 aromatic carbocycles. The van der Waals surface area contributed by atoms with Gasteiger partial charge in [0.15, 0.2) is 0 Å². The summed E-state index contributed by atoms with van der Waals surface area (Å²) in [4.78, 5) is 46.5. The molecule has 648 valence electrons. The summed E-state index contributed by atoms with van der Waals surface area (Å²) >= 11 is 5.99. The SMILES string of the molecule is C[C@H]1CN(Cc2ccc(F)c(-c3ccnc(CCCc4cccc(O)c4)n3)c2)[C@@H](C)CN1.C[C@H]1CN(Cc2cccc(-c3ccnc(CCCc4ccc(O)cc4)n3)c2)[C@@H](C)CN1.C[C@H]1CNCCN1Cc1ccc(F)c(-c2ccnc(CCCc3ccc(O)cc3)n2)c1.Oc1ccc(CCCc2nccc(-c3cccc(CN4CCNCC4)c3)n2)cc1Cl. The van der Waals surface area contributed by atoms with Gasteiger partial charge in [-0.15, -0.1) is 0 Å². The molecule has 4 fully saturated rings. The number of halogens is 3. The lowest BCUT2D eigenvalue weighted by Crippen LogP contribution is -2.53. The van der Waals surface area contributed by atoms with E-state index in [1.54, 1.807) is 79.1 Å². The van der Waals surface area contributed by atoms with Crippen LogP contribution in [0.5, 0.6) is 23.0 Å². The van der Waals surface area contributed by atoms with Crippen LogP contribution in [-0.4, -0.2) is 182 Å². The van der Waals surface area contributed by atoms with E-state index in [1.807, 2.05) is 97.3 Å². The van der Waals surface area contributed by atoms with Crippen molar-refractivity contribution in [2.45, 2.75) is 168 Å². The average Bonchev–Trinajstić information content (AvgIpc) is 0.824. The minimum Gasteiger partial charge on any atom is -0.508 e. The Kier molecular flexibility index (Phi) is 33.8. The van der Waals surface area contributed by atoms with E-state index in [0.717, 1.165) is 230 Å². The smallest absolute Gasteiger partial charge is 0.134 e. The zero-order valence-corrected chi connectivity index (χ0v) is 72.9. The van der Waals surface area contributed by atoms with Gasteiger partial charge in [0.1, 0.15) is 57.9 Å². The standard InChI is InChI=1S/C26H31FN4O.C26H32N4O.C25H29FN4O.C24H27ClN4O/c1-18-16-31(19(2)15-29-18)17-21-9-10-24(27)23(14-21)25-11-12-28-26(30-25)8-4-6-20-5-3-7-22(32)13-20;1-19-17-30(20(2)16-28-19)18-22-6-3-7-23(15-22)25-13-14-27-26(29-25)8-4-5-21-9-11-24(31)12-10-21;1-18-16-27-13-14-30(18)17-20-7-10-23(26)22(15-20)24-11-12-28-25(29-24)4-2-3-19-5-8-21(31)9-6-19;25-21-16-18(7-8-23(21)30)3-2-6-24-27-10-9-22(28-24)20-5-1-4-19(15-20)17-29-13-11-26-12-14-29/h3,5,7,9-14,18-19,29,32H,4,6,8,15-17H2,1-2H3;3,6-7,9-15,19-20,28,31H,4-5,8,16-18H2,1-2H3;5-12,15,18,27,31H,2-4,13-14,16-17H2,1H3;1,4-5,7-10,15-16,26,30H,2-3,6,11-14,17H2/t18-,19-;19-,20-;18-;/m000./s1. The van der Waals surface area contributed by atoms with Crippen molar-refractivity contribution in [3.63, 3.8) is 0 Å². The number of benzene rings is 8. The number of hydrogen-bond donors (Lipinski definition) is 8. The summed E-state index contributed by atoms with van der Waals surface area (Å²) in [6, 6.07) is 65.4. The molecule has 0 aliphatic carbocycles. The predicted octanol–water partition coefficient (Wildman–Crippen LogP) is 16.6. The first-order chi connectivity index (χ1) is 60.3. The Morgan fingerprint density at radius 3 is 1.21 bits per heavy atom. The predicted molar refractivity (Wildman–Crippen MR) is 491 cm³/mol. The third-order valence-corrected chi connectivity index (χ3v) is 23.6. The summed E-state index contributed by atoms with van der Waals surface area (Å²) in [7, 11) is 0. The molecule has 5 atom stereocenters. The summed E-state index contributed by atoms with van der Waals surface area (Å²) in [6.07, 6.45) is 17.3. The van der Waals surface area contributed by atoms with Crippen molar-refractivity contribution in [2.75, 3.05) is 72.0 Å². The maximum atomic E-state index is 14.7. The molecule has 124 heavy (non-hydrogen) atoms. The minimum absolute atomic E-state index is 0.121. The first kappa shape index (κ1) is 90.8. The fourth-order valence-electron chi connectivity index (χ4n) is 16.2. The molecule has 0 amide bonds. The number of rotatable bonds is 28. The van der Waals surface area contributed by atoms with Crippen molar-refractivity contribution >= 4 is 11.6 Å². The highest BCUT2D eigenvalue weighted by atomic mass is 35.5. The maximum Gasteiger partial charge on any atom is 0.134 e. The molecule has 8 N–H and O–H groups in total. The second kappa shape index (κ2) is 46.2. The number of nitrogens with one attached hydrogen (secondary N) is 4. The molecule has 20 nitrogen and oxygen atoms in total. The number of aromatic hydroxyl groups is 4. The van der Waals surface area contributed by atoms with Crippen LogP contribution in [0.15, 0.2) is 225 Å². The average molecular weight is 1690 g/mol. The Hall–Kier alpha value is -10.9. The molecule has 12 aromatic rings. The van der Waals surface area contributed by atoms with Crippen LogP contribution in [0.25, 0.3) is 45.0 Å². The maximum absolute atomic E-state index is 14.7. The van der Waals surface area contributed by atoms with Crippen molar-refractivity contribution in [1.29, 1.82) is 0 Å². The fourth-order valence-corrected chi connectivity index (χ4v) is 16.4. The van der Waals surface area contributed by atoms with Crippen LogP contribution < -0.4 is 21.3 Å². The Morgan fingerprint density at radius 2 is 0.742 bits per heavy atom. The van der Waals surface area contributed by atoms with Gasteiger partial charge in [0.05, 0.1) is 27.8 Å². The molecule has 16 rings (SSSR count). The molecular weight excluding hydrogens is 1570 g/mol. The zero-order valence-electron chi connectivity index (χ0n) is 72.1. The number of phenolic OH excluding ortho intramolecular Hbond substituents is 4. The molecule has 8 heterocycles. The van der Waals surface area contributed by atoms with Crippen LogP contribution in [0, 0.1) is 11.6 Å². The summed E-state index contributed by atoms with van der Waals surface area (Å²) in [5, 5.41) is 52.2. The zero-order chi connectivity index (χ0) is 86.5. The third-order valence-electron chi connectivity index (χ3n) is 23.3. The Labute approximate surface area is 734 Å². The van der Waals surface area contributed by atoms with Gasteiger partial charge in [-0.05, 0) is 240 Å². The second-order valence-electron chi connectivity index (χ2n) is 33.4. The Bertz CT molecular complexity index is 5360. The summed E-state index contributed by atoms with van der Waals surface area (Å²) in [6.45, 7) is 26.0. The monoisotopic (exact) mass is 1690 g/mol. The summed E-state index contributed by atoms with van der Waals surface area (Å²) in [5.74, 6) is 3.62. The molecule has 4 aliphatic rings. The van der Waals surface area contributed by atoms with Crippen LogP contribution in [0.3, 0.4) is 0 Å². The van der Waals surface area contributed by atoms with E-state index in [-0.39, 0.29) is 28.9 Å². The minimum atomic E-state index is -0.264. The fraction of sp³-hybridized carbons (Fsp3) is 0.366. The van der Waals surface area contributed by atoms with Crippen LogP contribution in [0.2, 0.25) is 5.02 Å². The molecule has 4 aliphatic heterocycles. The highest BCUT2D eigenvalue weighted by Gasteiger charge is 2.26. The van der Waals surface area contributed by atoms with Gasteiger partial charge in [-0.1, -0.05) is 103 Å². The van der Waals surface area contributed by atoms with Crippen molar-refractivity contribution in [1.82, 2.24) is 80.7 Å². The lowest BCUT2D eigenvalue weighted by molar-refractivity contribution is 0.139. The van der Waals surface area contributed by atoms with Crippen molar-refractivity contribution in [3.05, 3.63) is 309 Å². The molecule has 0 bridgehead atoms. The van der Waals surface area contributed by atoms with E-state index < -0.39 is 0 Å². The lowest BCUT2D eigenvalue weighted by atomic mass is 10.0. The number of phenols is 4. The molecule has 0 radical (unpaired) electrons. The quantitative estimate of drug-likeness (QED) is 0.0227. The van der Waals surface area contributed by atoms with Crippen molar-refractivity contribution in [3.8, 4) is 68.0 Å². The van der Waals surface area contributed by atoms with Gasteiger partial charge in [0.25, 0.3) is 0 Å². The van der Waals surface area contributed by atoms with Crippen LogP contribution >= 0.6 is 11.6 Å². The lowest BCUT2D eigenvalue weighted by Gasteiger charge is -2.37. The van der Waals surface area contributed by atoms with Crippen molar-refractivity contribution in [2.24, 2.45) is 0 Å². The summed E-state index contributed by atoms with van der Waals surface area (Å²) in [5.41, 5.74) is 15.9. The van der Waals surface area contributed by atoms with E-state index >= 15 is 0 Å². The first-order valence-corrected chi connectivity index (χ1v) is 44.4. The van der Waals surface area contributed by atoms with Gasteiger partial charge in [0.2, 0.25) is 0 Å². The van der Waals surface area contributed by atoms with E-state index in [9.17, 15) is 29.2 Å². The van der Waals surface area contributed by atoms with Crippen LogP contribution in [0.4, 0.5) is 8.78 Å². The molecule has 0 saturated carbocycles. The Balaban J connectivity index is 0.000000142. The highest BCUT2D eigenvalue weighted by Crippen LogP contribution is 2.30. The first-order valence-electron chi connectivity index (χ1n) is 44.0. The summed E-state index contributed by atoms with van der Waals surface area (Å²) < 4.78 is 29.4. The van der Waals surface area contributed by atoms with E-state index in [2.05, 4.69) is 154 Å². The molecular formula is C101H119ClF2N16O4. The third kappa shape index (κ3) is 28.1. The van der Waals surface area contributed by atoms with E-state index in [1.165, 1.54) is 16.7 Å². The topological polar surface area (TPSA) is 245 Å². The van der Waals surface area contributed by atoms with Crippen LogP contribution in [0.1, 0.15) is 128 Å². The Morgan fingerprint density at radius 1 is 0.355 bits per heavy atom. The number of aryl methyl sites for hydroxylation is 8. The molecule has 4 aromatic heterocycles. The second-order valence-corrected chi connectivity index (χ2v) is 33.8. The van der Waals surface area contributed by atoms with Gasteiger partial charge >= 0.3 is 0 Å². The van der Waals surface area contributed by atoms with Crippen molar-refractivity contribution < 1.29 is 29.2 Å². The number of nitrogens with zero attached hydrogens (tertiary/aromatic N) is 12. The normalized spacial score (nSPS) is 17.6. The van der Waals surface area contributed by atoms with Gasteiger partial charge in [-0.2, -0.15) is 0 Å². The molecule has 0 spiro atoms. The molecule has 4 saturated heterocycles.